The lowest BCUT2D eigenvalue weighted by atomic mass is 10.1. The van der Waals surface area contributed by atoms with Crippen molar-refractivity contribution >= 4 is 0 Å². The number of nitrogens with two attached hydrogens (primary N) is 2. The molecule has 0 aliphatic carbocycles. The quantitative estimate of drug-likeness (QED) is 0.560. The van der Waals surface area contributed by atoms with Gasteiger partial charge in [-0.05, 0) is 12.1 Å². The van der Waals surface area contributed by atoms with Gasteiger partial charge in [0, 0.05) is 19.0 Å². The number of hydrogen-bond acceptors (Lipinski definition) is 1. The number of nitrogens with zero attached hydrogens (tertiary/aromatic N) is 1. The Morgan fingerprint density at radius 3 is 2.88 bits per heavy atom. The molecule has 2 heterocycles. The maximum atomic E-state index is 4.32. The molecule has 1 aliphatic rings. The number of rotatable bonds is 3. The van der Waals surface area contributed by atoms with Crippen molar-refractivity contribution in [2.24, 2.45) is 0 Å². The molecule has 92 valence electrons. The van der Waals surface area contributed by atoms with Gasteiger partial charge in [-0.2, -0.15) is 0 Å². The zero-order chi connectivity index (χ0) is 9.64. The highest BCUT2D eigenvalue weighted by Crippen LogP contribution is 1.93. The summed E-state index contributed by atoms with van der Waals surface area (Å²) in [6, 6.07) is 6.93. The second-order valence-corrected chi connectivity index (χ2v) is 3.98. The van der Waals surface area contributed by atoms with Gasteiger partial charge in [0.1, 0.15) is 19.1 Å². The maximum absolute atomic E-state index is 4.32. The van der Waals surface area contributed by atoms with Gasteiger partial charge in [-0.25, -0.2) is 0 Å². The lowest BCUT2D eigenvalue weighted by Crippen LogP contribution is -3.00. The van der Waals surface area contributed by atoms with Crippen molar-refractivity contribution in [1.29, 1.82) is 0 Å². The summed E-state index contributed by atoms with van der Waals surface area (Å²) < 4.78 is 0. The van der Waals surface area contributed by atoms with Gasteiger partial charge in [0.15, 0.2) is 0 Å². The van der Waals surface area contributed by atoms with Gasteiger partial charge in [-0.3, -0.25) is 4.98 Å². The molecule has 1 aromatic heterocycles. The van der Waals surface area contributed by atoms with E-state index < -0.39 is 0 Å². The lowest BCUT2D eigenvalue weighted by Gasteiger charge is -2.18. The van der Waals surface area contributed by atoms with Crippen LogP contribution in [-0.2, 0) is 6.54 Å². The predicted octanol–water partition coefficient (Wildman–Crippen LogP) is -7.12. The van der Waals surface area contributed by atoms with Crippen LogP contribution in [0.4, 0.5) is 0 Å². The smallest absolute Gasteiger partial charge is 0.136 e. The van der Waals surface area contributed by atoms with Gasteiger partial charge in [-0.15, -0.1) is 0 Å². The Morgan fingerprint density at radius 1 is 1.38 bits per heavy atom. The minimum absolute atomic E-state index is 0. The fraction of sp³-hybridized carbons (Fsp3) is 0.545. The van der Waals surface area contributed by atoms with Crippen LogP contribution in [0.15, 0.2) is 24.4 Å². The van der Waals surface area contributed by atoms with Crippen molar-refractivity contribution in [1.82, 2.24) is 4.98 Å². The molecule has 0 spiro atoms. The first-order valence-electron chi connectivity index (χ1n) is 5.50. The summed E-state index contributed by atoms with van der Waals surface area (Å²) in [6.45, 7) is 3.61. The van der Waals surface area contributed by atoms with Crippen LogP contribution >= 0.6 is 0 Å². The Hall–Kier alpha value is -0.350. The summed E-state index contributed by atoms with van der Waals surface area (Å²) in [5.74, 6) is 0. The van der Waals surface area contributed by atoms with Crippen molar-refractivity contribution in [3.63, 3.8) is 0 Å². The van der Waals surface area contributed by atoms with Crippen molar-refractivity contribution in [3.8, 4) is 0 Å². The standard InChI is InChI=1S/C11H17N3.2ClH/c1-2-7-13-11(4-1)9-14-10-5-3-6-12-8-10;;/h1-2,4,7,10,12,14H,3,5-6,8-9H2;2*1H/t10-;;/m0../s1. The first kappa shape index (κ1) is 15.7. The van der Waals surface area contributed by atoms with Crippen molar-refractivity contribution in [3.05, 3.63) is 30.1 Å². The van der Waals surface area contributed by atoms with Crippen LogP contribution in [0, 0.1) is 0 Å². The fourth-order valence-electron chi connectivity index (χ4n) is 1.99. The summed E-state index contributed by atoms with van der Waals surface area (Å²) >= 11 is 0. The van der Waals surface area contributed by atoms with Gasteiger partial charge in [0.05, 0.1) is 12.2 Å². The predicted molar refractivity (Wildman–Crippen MR) is 54.5 cm³/mol. The van der Waals surface area contributed by atoms with Crippen LogP contribution in [0.25, 0.3) is 0 Å². The molecule has 0 saturated carbocycles. The van der Waals surface area contributed by atoms with Gasteiger partial charge in [-0.1, -0.05) is 6.07 Å². The third kappa shape index (κ3) is 5.12. The molecule has 0 aromatic carbocycles. The van der Waals surface area contributed by atoms with Crippen molar-refractivity contribution in [2.75, 3.05) is 13.1 Å². The van der Waals surface area contributed by atoms with Gasteiger partial charge in [0.2, 0.25) is 0 Å². The average molecular weight is 264 g/mol. The van der Waals surface area contributed by atoms with E-state index in [0.29, 0.717) is 0 Å². The molecule has 4 N–H and O–H groups in total. The molecule has 0 amide bonds. The summed E-state index contributed by atoms with van der Waals surface area (Å²) in [6.07, 6.45) is 4.60. The van der Waals surface area contributed by atoms with Gasteiger partial charge >= 0.3 is 0 Å². The molecule has 0 radical (unpaired) electrons. The topological polar surface area (TPSA) is 46.1 Å². The minimum Gasteiger partial charge on any atom is -1.00 e. The second-order valence-electron chi connectivity index (χ2n) is 3.98. The minimum atomic E-state index is 0. The van der Waals surface area contributed by atoms with E-state index >= 15 is 0 Å². The summed E-state index contributed by atoms with van der Waals surface area (Å²) in [5, 5.41) is 4.85. The first-order chi connectivity index (χ1) is 6.95. The molecule has 1 aromatic rings. The fourth-order valence-corrected chi connectivity index (χ4v) is 1.99. The van der Waals surface area contributed by atoms with Crippen molar-refractivity contribution < 1.29 is 35.4 Å². The largest absolute Gasteiger partial charge is 1.00 e. The first-order valence-corrected chi connectivity index (χ1v) is 5.50. The Kier molecular flexibility index (Phi) is 8.57. The molecule has 1 saturated heterocycles. The van der Waals surface area contributed by atoms with Gasteiger partial charge in [0.25, 0.3) is 0 Å². The van der Waals surface area contributed by atoms with E-state index in [4.69, 9.17) is 0 Å². The van der Waals surface area contributed by atoms with Crippen LogP contribution in [0.2, 0.25) is 0 Å². The molecule has 16 heavy (non-hydrogen) atoms. The van der Waals surface area contributed by atoms with Crippen LogP contribution in [-0.4, -0.2) is 24.1 Å². The van der Waals surface area contributed by atoms with E-state index in [0.717, 1.165) is 12.6 Å². The van der Waals surface area contributed by atoms with Crippen LogP contribution in [0.5, 0.6) is 0 Å². The molecule has 0 bridgehead atoms. The maximum Gasteiger partial charge on any atom is 0.136 e. The Morgan fingerprint density at radius 2 is 2.25 bits per heavy atom. The summed E-state index contributed by atoms with van der Waals surface area (Å²) in [4.78, 5) is 4.32. The molecule has 1 aliphatic heterocycles. The lowest BCUT2D eigenvalue weighted by molar-refractivity contribution is -0.769. The third-order valence-electron chi connectivity index (χ3n) is 2.84. The number of aromatic nitrogens is 1. The Labute approximate surface area is 109 Å². The van der Waals surface area contributed by atoms with E-state index in [1.165, 1.54) is 31.6 Å². The van der Waals surface area contributed by atoms with E-state index in [9.17, 15) is 0 Å². The molecular weight excluding hydrogens is 245 g/mol. The van der Waals surface area contributed by atoms with Crippen LogP contribution in [0.3, 0.4) is 0 Å². The Bertz CT molecular complexity index is 263. The number of piperidine rings is 1. The highest BCUT2D eigenvalue weighted by atomic mass is 35.5. The molecule has 1 fully saturated rings. The average Bonchev–Trinajstić information content (AvgIpc) is 2.29. The molecule has 3 nitrogen and oxygen atoms in total. The highest BCUT2D eigenvalue weighted by Gasteiger charge is 2.18. The number of halogens is 2. The van der Waals surface area contributed by atoms with E-state index in [-0.39, 0.29) is 24.8 Å². The van der Waals surface area contributed by atoms with Gasteiger partial charge < -0.3 is 35.4 Å². The zero-order valence-electron chi connectivity index (χ0n) is 9.28. The second kappa shape index (κ2) is 8.76. The molecule has 2 rings (SSSR count). The SMILES string of the molecule is [Cl-].[Cl-].c1ccc(C[NH2+][C@H]2CCC[NH2+]C2)nc1. The zero-order valence-corrected chi connectivity index (χ0v) is 10.8. The number of hydrogen-bond donors (Lipinski definition) is 2. The normalized spacial score (nSPS) is 19.4. The molecule has 0 unspecified atom stereocenters. The highest BCUT2D eigenvalue weighted by molar-refractivity contribution is 5.01. The monoisotopic (exact) mass is 263 g/mol. The Balaban J connectivity index is 0.00000112. The van der Waals surface area contributed by atoms with Crippen molar-refractivity contribution in [2.45, 2.75) is 25.4 Å². The molecular formula is C11H19Cl2N3. The van der Waals surface area contributed by atoms with E-state index in [2.05, 4.69) is 27.8 Å². The number of quaternary nitrogens is 2. The van der Waals surface area contributed by atoms with E-state index in [1.54, 1.807) is 0 Å². The summed E-state index contributed by atoms with van der Waals surface area (Å²) in [7, 11) is 0. The third-order valence-corrected chi connectivity index (χ3v) is 2.84. The molecule has 5 heteroatoms. The van der Waals surface area contributed by atoms with E-state index in [1.807, 2.05) is 12.3 Å². The van der Waals surface area contributed by atoms with Crippen LogP contribution in [0.1, 0.15) is 18.5 Å². The summed E-state index contributed by atoms with van der Waals surface area (Å²) in [5.41, 5.74) is 1.19. The van der Waals surface area contributed by atoms with Crippen LogP contribution < -0.4 is 35.4 Å². The number of pyridine rings is 1. The molecule has 1 atom stereocenters.